The Hall–Kier alpha value is -1.77. The average Bonchev–Trinajstić information content (AvgIpc) is 2.66. The second kappa shape index (κ2) is 4.62. The maximum atomic E-state index is 12.4. The van der Waals surface area contributed by atoms with Crippen LogP contribution in [0.25, 0.3) is 11.0 Å². The van der Waals surface area contributed by atoms with Gasteiger partial charge in [0.05, 0.1) is 10.9 Å². The molecule has 0 bridgehead atoms. The van der Waals surface area contributed by atoms with Crippen LogP contribution in [0.4, 0.5) is 0 Å². The van der Waals surface area contributed by atoms with Crippen LogP contribution in [-0.4, -0.2) is 6.10 Å². The molecular weight excluding hydrogens is 264 g/mol. The quantitative estimate of drug-likeness (QED) is 0.543. The van der Waals surface area contributed by atoms with Crippen LogP contribution < -0.4 is 10.4 Å². The van der Waals surface area contributed by atoms with Crippen LogP contribution in [0.5, 0.6) is 5.75 Å². The summed E-state index contributed by atoms with van der Waals surface area (Å²) in [6.45, 7) is 4.04. The van der Waals surface area contributed by atoms with Crippen molar-refractivity contribution < 1.29 is 9.15 Å². The third-order valence-corrected chi connectivity index (χ3v) is 5.10. The van der Waals surface area contributed by atoms with Gasteiger partial charge in [-0.15, -0.1) is 0 Å². The van der Waals surface area contributed by atoms with Crippen molar-refractivity contribution in [2.24, 2.45) is 0 Å². The second-order valence-corrected chi connectivity index (χ2v) is 6.38. The molecule has 2 aliphatic rings. The Labute approximate surface area is 123 Å². The van der Waals surface area contributed by atoms with E-state index < -0.39 is 0 Å². The Morgan fingerprint density at radius 3 is 2.76 bits per heavy atom. The monoisotopic (exact) mass is 284 g/mol. The van der Waals surface area contributed by atoms with Gasteiger partial charge in [0, 0.05) is 5.92 Å². The van der Waals surface area contributed by atoms with E-state index in [1.807, 2.05) is 13.8 Å². The topological polar surface area (TPSA) is 39.4 Å². The van der Waals surface area contributed by atoms with Crippen molar-refractivity contribution >= 4 is 11.0 Å². The van der Waals surface area contributed by atoms with Gasteiger partial charge in [-0.05, 0) is 49.8 Å². The van der Waals surface area contributed by atoms with E-state index in [0.717, 1.165) is 29.6 Å². The third-order valence-electron chi connectivity index (χ3n) is 5.10. The lowest BCUT2D eigenvalue weighted by Crippen LogP contribution is -2.14. The van der Waals surface area contributed by atoms with Crippen LogP contribution in [0.2, 0.25) is 0 Å². The molecule has 110 valence electrons. The Morgan fingerprint density at radius 1 is 1.10 bits per heavy atom. The van der Waals surface area contributed by atoms with Crippen LogP contribution in [0.15, 0.2) is 21.3 Å². The van der Waals surface area contributed by atoms with E-state index >= 15 is 0 Å². The Bertz CT molecular complexity index is 772. The molecule has 0 amide bonds. The number of hydrogen-bond donors (Lipinski definition) is 0. The molecule has 1 aromatic heterocycles. The number of hydrogen-bond acceptors (Lipinski definition) is 3. The van der Waals surface area contributed by atoms with Crippen molar-refractivity contribution in [3.63, 3.8) is 0 Å². The molecule has 2 aromatic rings. The van der Waals surface area contributed by atoms with Crippen LogP contribution in [0.3, 0.4) is 0 Å². The fourth-order valence-corrected chi connectivity index (χ4v) is 3.69. The summed E-state index contributed by atoms with van der Waals surface area (Å²) in [5, 5.41) is 0.974. The molecule has 0 saturated heterocycles. The predicted octanol–water partition coefficient (Wildman–Crippen LogP) is 3.95. The standard InChI is InChI=1S/C18H20O3/c1-10-11(2)20-17-14-9-8-12-6-4-3-5-7-13(12)16(14)21-18(19)15(10)17/h8-11H,3-7H2,1-2H3/t10-,11-/m0/s1. The first-order valence-electron chi connectivity index (χ1n) is 7.95. The van der Waals surface area contributed by atoms with Crippen LogP contribution in [0.1, 0.15) is 55.7 Å². The van der Waals surface area contributed by atoms with Gasteiger partial charge in [-0.2, -0.15) is 0 Å². The van der Waals surface area contributed by atoms with Gasteiger partial charge in [0.2, 0.25) is 0 Å². The molecule has 3 heteroatoms. The molecule has 0 saturated carbocycles. The number of ether oxygens (including phenoxy) is 1. The zero-order valence-corrected chi connectivity index (χ0v) is 12.6. The minimum absolute atomic E-state index is 0.0345. The second-order valence-electron chi connectivity index (χ2n) is 6.38. The van der Waals surface area contributed by atoms with Crippen molar-refractivity contribution in [2.75, 3.05) is 0 Å². The van der Waals surface area contributed by atoms with E-state index in [1.165, 1.54) is 30.4 Å². The Balaban J connectivity index is 2.04. The fraction of sp³-hybridized carbons (Fsp3) is 0.500. The van der Waals surface area contributed by atoms with Gasteiger partial charge in [-0.1, -0.05) is 19.4 Å². The van der Waals surface area contributed by atoms with Crippen LogP contribution in [-0.2, 0) is 12.8 Å². The number of fused-ring (bicyclic) bond motifs is 5. The van der Waals surface area contributed by atoms with E-state index in [0.29, 0.717) is 5.56 Å². The van der Waals surface area contributed by atoms with Crippen LogP contribution in [0, 0.1) is 0 Å². The molecule has 2 atom stereocenters. The largest absolute Gasteiger partial charge is 0.489 e. The molecule has 4 rings (SSSR count). The molecule has 0 fully saturated rings. The zero-order chi connectivity index (χ0) is 14.6. The normalized spacial score (nSPS) is 24.3. The summed E-state index contributed by atoms with van der Waals surface area (Å²) in [7, 11) is 0. The van der Waals surface area contributed by atoms with E-state index in [4.69, 9.17) is 9.15 Å². The highest BCUT2D eigenvalue weighted by Gasteiger charge is 2.34. The summed E-state index contributed by atoms with van der Waals surface area (Å²) in [5.41, 5.74) is 3.82. The minimum atomic E-state index is -0.216. The van der Waals surface area contributed by atoms with Crippen molar-refractivity contribution in [1.82, 2.24) is 0 Å². The van der Waals surface area contributed by atoms with Gasteiger partial charge in [-0.3, -0.25) is 0 Å². The molecule has 21 heavy (non-hydrogen) atoms. The van der Waals surface area contributed by atoms with E-state index in [9.17, 15) is 4.79 Å². The minimum Gasteiger partial charge on any atom is -0.489 e. The first-order chi connectivity index (χ1) is 10.2. The van der Waals surface area contributed by atoms with Gasteiger partial charge >= 0.3 is 5.63 Å². The van der Waals surface area contributed by atoms with E-state index in [-0.39, 0.29) is 17.6 Å². The van der Waals surface area contributed by atoms with Gasteiger partial charge in [0.1, 0.15) is 17.4 Å². The molecule has 1 aromatic carbocycles. The Morgan fingerprint density at radius 2 is 1.90 bits per heavy atom. The number of benzene rings is 1. The molecule has 1 aliphatic carbocycles. The van der Waals surface area contributed by atoms with Crippen molar-refractivity contribution in [3.8, 4) is 5.75 Å². The molecule has 0 unspecified atom stereocenters. The number of aryl methyl sites for hydroxylation is 2. The maximum absolute atomic E-state index is 12.4. The summed E-state index contributed by atoms with van der Waals surface area (Å²) >= 11 is 0. The molecule has 0 radical (unpaired) electrons. The summed E-state index contributed by atoms with van der Waals surface area (Å²) in [6, 6.07) is 4.27. The highest BCUT2D eigenvalue weighted by atomic mass is 16.5. The third kappa shape index (κ3) is 1.83. The average molecular weight is 284 g/mol. The van der Waals surface area contributed by atoms with Crippen molar-refractivity contribution in [1.29, 1.82) is 0 Å². The summed E-state index contributed by atoms with van der Waals surface area (Å²) < 4.78 is 11.7. The summed E-state index contributed by atoms with van der Waals surface area (Å²) in [4.78, 5) is 12.4. The first kappa shape index (κ1) is 12.9. The molecular formula is C18H20O3. The summed E-state index contributed by atoms with van der Waals surface area (Å²) in [6.07, 6.45) is 5.75. The molecule has 2 heterocycles. The highest BCUT2D eigenvalue weighted by molar-refractivity contribution is 5.88. The van der Waals surface area contributed by atoms with Gasteiger partial charge < -0.3 is 9.15 Å². The van der Waals surface area contributed by atoms with Gasteiger partial charge in [-0.25, -0.2) is 4.79 Å². The Kier molecular flexibility index (Phi) is 2.84. The molecule has 0 spiro atoms. The lowest BCUT2D eigenvalue weighted by molar-refractivity contribution is 0.234. The van der Waals surface area contributed by atoms with Gasteiger partial charge in [0.25, 0.3) is 0 Å². The smallest absolute Gasteiger partial charge is 0.343 e. The van der Waals surface area contributed by atoms with Crippen LogP contribution >= 0.6 is 0 Å². The molecule has 3 nitrogen and oxygen atoms in total. The van der Waals surface area contributed by atoms with Crippen molar-refractivity contribution in [3.05, 3.63) is 39.2 Å². The first-order valence-corrected chi connectivity index (χ1v) is 7.95. The maximum Gasteiger partial charge on any atom is 0.343 e. The van der Waals surface area contributed by atoms with E-state index in [1.54, 1.807) is 0 Å². The summed E-state index contributed by atoms with van der Waals surface area (Å²) in [5.74, 6) is 0.854. The molecule has 1 aliphatic heterocycles. The lowest BCUT2D eigenvalue weighted by Gasteiger charge is -2.11. The predicted molar refractivity (Wildman–Crippen MR) is 82.2 cm³/mol. The van der Waals surface area contributed by atoms with Crippen molar-refractivity contribution in [2.45, 2.75) is 58.0 Å². The molecule has 0 N–H and O–H groups in total. The SMILES string of the molecule is C[C@@H]1Oc2c(c(=O)oc3c4c(ccc23)CCCCC4)[C@H]1C. The number of rotatable bonds is 0. The fourth-order valence-electron chi connectivity index (χ4n) is 3.69. The van der Waals surface area contributed by atoms with E-state index in [2.05, 4.69) is 12.1 Å². The highest BCUT2D eigenvalue weighted by Crippen LogP contribution is 2.42. The zero-order valence-electron chi connectivity index (χ0n) is 12.6. The lowest BCUT2D eigenvalue weighted by atomic mass is 9.96. The van der Waals surface area contributed by atoms with Gasteiger partial charge in [0.15, 0.2) is 0 Å².